The van der Waals surface area contributed by atoms with Crippen molar-refractivity contribution in [2.24, 2.45) is 0 Å². The average Bonchev–Trinajstić information content (AvgIpc) is 3.03. The Balaban J connectivity index is 1.82. The number of pyridine rings is 1. The van der Waals surface area contributed by atoms with Crippen LogP contribution in [0.1, 0.15) is 10.4 Å². The lowest BCUT2D eigenvalue weighted by Crippen LogP contribution is -2.11. The zero-order valence-corrected chi connectivity index (χ0v) is 10.6. The Hall–Kier alpha value is -2.95. The third-order valence-corrected chi connectivity index (χ3v) is 2.87. The van der Waals surface area contributed by atoms with Crippen LogP contribution in [-0.4, -0.2) is 21.1 Å². The summed E-state index contributed by atoms with van der Waals surface area (Å²) in [6.07, 6.45) is 4.88. The summed E-state index contributed by atoms with van der Waals surface area (Å²) in [5, 5.41) is 9.67. The zero-order chi connectivity index (χ0) is 13.8. The Morgan fingerprint density at radius 2 is 1.90 bits per heavy atom. The third kappa shape index (κ3) is 2.56. The van der Waals surface area contributed by atoms with Crippen molar-refractivity contribution < 1.29 is 4.79 Å². The van der Waals surface area contributed by atoms with Crippen LogP contribution in [-0.2, 0) is 0 Å². The summed E-state index contributed by atoms with van der Waals surface area (Å²) in [5.41, 5.74) is 3.19. The quantitative estimate of drug-likeness (QED) is 0.764. The van der Waals surface area contributed by atoms with Crippen molar-refractivity contribution in [3.8, 4) is 11.3 Å². The molecule has 0 aliphatic rings. The average molecular weight is 264 g/mol. The molecule has 98 valence electrons. The molecule has 1 amide bonds. The summed E-state index contributed by atoms with van der Waals surface area (Å²) in [6, 6.07) is 12.8. The van der Waals surface area contributed by atoms with Crippen molar-refractivity contribution in [2.75, 3.05) is 5.32 Å². The second-order valence-corrected chi connectivity index (χ2v) is 4.24. The Morgan fingerprint density at radius 3 is 2.65 bits per heavy atom. The molecule has 0 bridgehead atoms. The van der Waals surface area contributed by atoms with Crippen LogP contribution in [0.25, 0.3) is 11.3 Å². The molecule has 0 radical (unpaired) electrons. The van der Waals surface area contributed by atoms with Crippen LogP contribution in [0.15, 0.2) is 61.1 Å². The minimum atomic E-state index is -0.158. The third-order valence-electron chi connectivity index (χ3n) is 2.87. The molecule has 0 unspecified atom stereocenters. The molecule has 3 aromatic rings. The van der Waals surface area contributed by atoms with Gasteiger partial charge in [-0.3, -0.25) is 14.9 Å². The molecule has 0 spiro atoms. The maximum Gasteiger partial charge on any atom is 0.255 e. The largest absolute Gasteiger partial charge is 0.322 e. The van der Waals surface area contributed by atoms with Crippen LogP contribution in [0.5, 0.6) is 0 Å². The molecular formula is C15H12N4O. The van der Waals surface area contributed by atoms with Crippen molar-refractivity contribution in [2.45, 2.75) is 0 Å². The van der Waals surface area contributed by atoms with E-state index in [9.17, 15) is 4.79 Å². The lowest BCUT2D eigenvalue weighted by atomic mass is 10.1. The van der Waals surface area contributed by atoms with Crippen LogP contribution in [0.3, 0.4) is 0 Å². The van der Waals surface area contributed by atoms with E-state index >= 15 is 0 Å². The van der Waals surface area contributed by atoms with Gasteiger partial charge in [-0.05, 0) is 30.3 Å². The number of amides is 1. The minimum Gasteiger partial charge on any atom is -0.322 e. The maximum atomic E-state index is 12.1. The highest BCUT2D eigenvalue weighted by atomic mass is 16.1. The van der Waals surface area contributed by atoms with Crippen molar-refractivity contribution >= 4 is 11.6 Å². The topological polar surface area (TPSA) is 70.7 Å². The van der Waals surface area contributed by atoms with Gasteiger partial charge in [0.05, 0.1) is 5.69 Å². The Bertz CT molecular complexity index is 708. The predicted octanol–water partition coefficient (Wildman–Crippen LogP) is 2.72. The second kappa shape index (κ2) is 5.36. The summed E-state index contributed by atoms with van der Waals surface area (Å²) in [6.45, 7) is 0. The number of carbonyl (C=O) groups is 1. The number of aromatic amines is 1. The molecule has 1 aromatic carbocycles. The number of nitrogens with one attached hydrogen (secondary N) is 2. The van der Waals surface area contributed by atoms with E-state index in [4.69, 9.17) is 0 Å². The number of benzene rings is 1. The number of carbonyl (C=O) groups excluding carboxylic acids is 1. The molecule has 0 aliphatic heterocycles. The molecule has 2 aromatic heterocycles. The molecule has 2 N–H and O–H groups in total. The highest BCUT2D eigenvalue weighted by molar-refractivity contribution is 6.04. The molecule has 5 nitrogen and oxygen atoms in total. The van der Waals surface area contributed by atoms with Crippen molar-refractivity contribution in [3.05, 3.63) is 66.6 Å². The first-order valence-corrected chi connectivity index (χ1v) is 6.14. The standard InChI is InChI=1S/C15H12N4O/c20-15(11-4-7-16-8-5-11)18-13-3-1-2-12(10-13)14-6-9-17-19-14/h1-10H,(H,17,19)(H,18,20). The molecule has 3 rings (SSSR count). The summed E-state index contributed by atoms with van der Waals surface area (Å²) < 4.78 is 0. The summed E-state index contributed by atoms with van der Waals surface area (Å²) >= 11 is 0. The van der Waals surface area contributed by atoms with E-state index in [0.29, 0.717) is 5.56 Å². The monoisotopic (exact) mass is 264 g/mol. The van der Waals surface area contributed by atoms with E-state index in [2.05, 4.69) is 20.5 Å². The fraction of sp³-hybridized carbons (Fsp3) is 0. The minimum absolute atomic E-state index is 0.158. The van der Waals surface area contributed by atoms with Crippen molar-refractivity contribution in [3.63, 3.8) is 0 Å². The smallest absolute Gasteiger partial charge is 0.255 e. The van der Waals surface area contributed by atoms with Gasteiger partial charge in [-0.25, -0.2) is 0 Å². The Kier molecular flexibility index (Phi) is 3.24. The van der Waals surface area contributed by atoms with Gasteiger partial charge in [-0.15, -0.1) is 0 Å². The van der Waals surface area contributed by atoms with Crippen LogP contribution in [0.2, 0.25) is 0 Å². The lowest BCUT2D eigenvalue weighted by Gasteiger charge is -2.06. The summed E-state index contributed by atoms with van der Waals surface area (Å²) in [7, 11) is 0. The fourth-order valence-electron chi connectivity index (χ4n) is 1.89. The van der Waals surface area contributed by atoms with Gasteiger partial charge in [0, 0.05) is 35.4 Å². The van der Waals surface area contributed by atoms with E-state index < -0.39 is 0 Å². The van der Waals surface area contributed by atoms with E-state index in [1.165, 1.54) is 0 Å². The van der Waals surface area contributed by atoms with E-state index in [0.717, 1.165) is 16.9 Å². The molecule has 5 heteroatoms. The number of anilines is 1. The normalized spacial score (nSPS) is 10.2. The number of aromatic nitrogens is 3. The lowest BCUT2D eigenvalue weighted by molar-refractivity contribution is 0.102. The number of hydrogen-bond donors (Lipinski definition) is 2. The molecule has 2 heterocycles. The van der Waals surface area contributed by atoms with E-state index in [1.54, 1.807) is 30.7 Å². The number of H-pyrrole nitrogens is 1. The van der Waals surface area contributed by atoms with Crippen LogP contribution < -0.4 is 5.32 Å². The molecular weight excluding hydrogens is 252 g/mol. The zero-order valence-electron chi connectivity index (χ0n) is 10.6. The number of hydrogen-bond acceptors (Lipinski definition) is 3. The predicted molar refractivity (Wildman–Crippen MR) is 76.2 cm³/mol. The van der Waals surface area contributed by atoms with Crippen LogP contribution >= 0.6 is 0 Å². The summed E-state index contributed by atoms with van der Waals surface area (Å²) in [5.74, 6) is -0.158. The fourth-order valence-corrected chi connectivity index (χ4v) is 1.89. The number of rotatable bonds is 3. The molecule has 0 saturated heterocycles. The first kappa shape index (κ1) is 12.1. The van der Waals surface area contributed by atoms with Gasteiger partial charge in [0.15, 0.2) is 0 Å². The van der Waals surface area contributed by atoms with Gasteiger partial charge in [0.1, 0.15) is 0 Å². The van der Waals surface area contributed by atoms with Crippen molar-refractivity contribution in [1.29, 1.82) is 0 Å². The molecule has 0 atom stereocenters. The maximum absolute atomic E-state index is 12.1. The highest BCUT2D eigenvalue weighted by Gasteiger charge is 2.06. The van der Waals surface area contributed by atoms with Gasteiger partial charge >= 0.3 is 0 Å². The molecule has 0 fully saturated rings. The van der Waals surface area contributed by atoms with Gasteiger partial charge in [0.25, 0.3) is 5.91 Å². The van der Waals surface area contributed by atoms with Crippen LogP contribution in [0, 0.1) is 0 Å². The number of nitrogens with zero attached hydrogens (tertiary/aromatic N) is 2. The SMILES string of the molecule is O=C(Nc1cccc(-c2ccn[nH]2)c1)c1ccncc1. The first-order chi connectivity index (χ1) is 9.83. The first-order valence-electron chi connectivity index (χ1n) is 6.14. The van der Waals surface area contributed by atoms with Gasteiger partial charge < -0.3 is 5.32 Å². The van der Waals surface area contributed by atoms with Gasteiger partial charge in [0.2, 0.25) is 0 Å². The summed E-state index contributed by atoms with van der Waals surface area (Å²) in [4.78, 5) is 15.9. The molecule has 0 aliphatic carbocycles. The van der Waals surface area contributed by atoms with Gasteiger partial charge in [-0.1, -0.05) is 12.1 Å². The molecule has 20 heavy (non-hydrogen) atoms. The Morgan fingerprint density at radius 1 is 1.05 bits per heavy atom. The van der Waals surface area contributed by atoms with Crippen molar-refractivity contribution in [1.82, 2.24) is 15.2 Å². The van der Waals surface area contributed by atoms with E-state index in [-0.39, 0.29) is 5.91 Å². The van der Waals surface area contributed by atoms with Crippen LogP contribution in [0.4, 0.5) is 5.69 Å². The molecule has 0 saturated carbocycles. The second-order valence-electron chi connectivity index (χ2n) is 4.24. The highest BCUT2D eigenvalue weighted by Crippen LogP contribution is 2.20. The van der Waals surface area contributed by atoms with E-state index in [1.807, 2.05) is 30.3 Å². The van der Waals surface area contributed by atoms with Gasteiger partial charge in [-0.2, -0.15) is 5.10 Å². The Labute approximate surface area is 115 Å².